The van der Waals surface area contributed by atoms with Gasteiger partial charge in [0.15, 0.2) is 11.6 Å². The summed E-state index contributed by atoms with van der Waals surface area (Å²) in [6.07, 6.45) is 2.67. The van der Waals surface area contributed by atoms with Crippen LogP contribution in [-0.4, -0.2) is 13.7 Å². The van der Waals surface area contributed by atoms with E-state index in [-0.39, 0.29) is 30.0 Å². The minimum atomic E-state index is -0.366. The van der Waals surface area contributed by atoms with Crippen LogP contribution in [0.2, 0.25) is 0 Å². The summed E-state index contributed by atoms with van der Waals surface area (Å²) in [6, 6.07) is 4.62. The van der Waals surface area contributed by atoms with E-state index in [1.54, 1.807) is 12.1 Å². The lowest BCUT2D eigenvalue weighted by Crippen LogP contribution is -2.13. The number of hydrogen-bond acceptors (Lipinski definition) is 3. The van der Waals surface area contributed by atoms with Gasteiger partial charge in [-0.25, -0.2) is 4.39 Å². The molecule has 0 aliphatic carbocycles. The number of halogens is 2. The monoisotopic (exact) mass is 262 g/mol. The van der Waals surface area contributed by atoms with Crippen LogP contribution in [0.15, 0.2) is 18.2 Å². The summed E-state index contributed by atoms with van der Waals surface area (Å²) in [4.78, 5) is 0. The Balaban J connectivity index is 0.00000256. The smallest absolute Gasteiger partial charge is 0.165 e. The molecule has 17 heavy (non-hydrogen) atoms. The van der Waals surface area contributed by atoms with Gasteiger partial charge in [0.1, 0.15) is 0 Å². The Bertz CT molecular complexity index is 336. The number of hydrogen-bond donors (Lipinski definition) is 2. The molecular weight excluding hydrogens is 243 g/mol. The molecule has 1 aromatic rings. The van der Waals surface area contributed by atoms with E-state index >= 15 is 0 Å². The van der Waals surface area contributed by atoms with Crippen LogP contribution < -0.4 is 16.2 Å². The van der Waals surface area contributed by atoms with E-state index in [4.69, 9.17) is 16.2 Å². The van der Waals surface area contributed by atoms with Crippen molar-refractivity contribution < 1.29 is 9.13 Å². The van der Waals surface area contributed by atoms with Gasteiger partial charge in [-0.05, 0) is 25.5 Å². The molecule has 0 radical (unpaired) electrons. The normalized spacial score (nSPS) is 11.8. The topological polar surface area (TPSA) is 61.3 Å². The SMILES string of the molecule is COc1c(F)cccc1[C@H](N)CCCCN.Cl. The molecule has 0 aromatic heterocycles. The zero-order valence-corrected chi connectivity index (χ0v) is 10.8. The predicted octanol–water partition coefficient (Wildman–Crippen LogP) is 2.38. The zero-order chi connectivity index (χ0) is 12.0. The van der Waals surface area contributed by atoms with Crippen molar-refractivity contribution in [1.29, 1.82) is 0 Å². The molecule has 4 N–H and O–H groups in total. The van der Waals surface area contributed by atoms with Gasteiger partial charge >= 0.3 is 0 Å². The second-order valence-electron chi connectivity index (χ2n) is 3.75. The molecule has 1 aromatic carbocycles. The van der Waals surface area contributed by atoms with Crippen LogP contribution in [0.1, 0.15) is 30.9 Å². The molecule has 0 amide bonds. The average Bonchev–Trinajstić information content (AvgIpc) is 2.29. The Morgan fingerprint density at radius 3 is 2.65 bits per heavy atom. The first-order valence-corrected chi connectivity index (χ1v) is 5.48. The highest BCUT2D eigenvalue weighted by Gasteiger charge is 2.14. The van der Waals surface area contributed by atoms with Crippen molar-refractivity contribution in [3.05, 3.63) is 29.6 Å². The molecule has 0 saturated heterocycles. The second kappa shape index (κ2) is 8.28. The van der Waals surface area contributed by atoms with Crippen LogP contribution in [0.25, 0.3) is 0 Å². The number of para-hydroxylation sites is 1. The highest BCUT2D eigenvalue weighted by atomic mass is 35.5. The predicted molar refractivity (Wildman–Crippen MR) is 70.0 cm³/mol. The number of rotatable bonds is 6. The minimum Gasteiger partial charge on any atom is -0.493 e. The Morgan fingerprint density at radius 1 is 1.35 bits per heavy atom. The summed E-state index contributed by atoms with van der Waals surface area (Å²) in [5, 5.41) is 0. The largest absolute Gasteiger partial charge is 0.493 e. The molecule has 5 heteroatoms. The van der Waals surface area contributed by atoms with Gasteiger partial charge in [0, 0.05) is 11.6 Å². The Kier molecular flexibility index (Phi) is 7.87. The summed E-state index contributed by atoms with van der Waals surface area (Å²) >= 11 is 0. The van der Waals surface area contributed by atoms with Crippen LogP contribution in [0, 0.1) is 5.82 Å². The quantitative estimate of drug-likeness (QED) is 0.774. The summed E-state index contributed by atoms with van der Waals surface area (Å²) < 4.78 is 18.4. The third-order valence-corrected chi connectivity index (χ3v) is 2.57. The molecule has 0 unspecified atom stereocenters. The van der Waals surface area contributed by atoms with Crippen LogP contribution in [0.5, 0.6) is 5.75 Å². The molecule has 0 fully saturated rings. The van der Waals surface area contributed by atoms with E-state index in [1.165, 1.54) is 13.2 Å². The lowest BCUT2D eigenvalue weighted by Gasteiger charge is -2.15. The molecule has 0 heterocycles. The van der Waals surface area contributed by atoms with Crippen LogP contribution in [0.4, 0.5) is 4.39 Å². The number of methoxy groups -OCH3 is 1. The maximum atomic E-state index is 13.4. The molecule has 1 atom stereocenters. The van der Waals surface area contributed by atoms with Gasteiger partial charge in [-0.1, -0.05) is 18.6 Å². The summed E-state index contributed by atoms with van der Waals surface area (Å²) in [6.45, 7) is 0.660. The lowest BCUT2D eigenvalue weighted by atomic mass is 10.0. The number of benzene rings is 1. The van der Waals surface area contributed by atoms with Gasteiger partial charge < -0.3 is 16.2 Å². The zero-order valence-electron chi connectivity index (χ0n) is 9.99. The minimum absolute atomic E-state index is 0. The first-order valence-electron chi connectivity index (χ1n) is 5.48. The average molecular weight is 263 g/mol. The molecule has 0 bridgehead atoms. The Morgan fingerprint density at radius 2 is 2.06 bits per heavy atom. The maximum absolute atomic E-state index is 13.4. The molecule has 0 spiro atoms. The maximum Gasteiger partial charge on any atom is 0.165 e. The molecule has 0 saturated carbocycles. The van der Waals surface area contributed by atoms with Gasteiger partial charge in [0.2, 0.25) is 0 Å². The van der Waals surface area contributed by atoms with Crippen molar-refractivity contribution in [1.82, 2.24) is 0 Å². The number of unbranched alkanes of at least 4 members (excludes halogenated alkanes) is 1. The van der Waals surface area contributed by atoms with Gasteiger partial charge in [-0.15, -0.1) is 12.4 Å². The number of nitrogens with two attached hydrogens (primary N) is 2. The summed E-state index contributed by atoms with van der Waals surface area (Å²) in [5.74, 6) is -0.114. The van der Waals surface area contributed by atoms with Crippen LogP contribution >= 0.6 is 12.4 Å². The molecule has 0 aliphatic heterocycles. The van der Waals surface area contributed by atoms with E-state index in [2.05, 4.69) is 0 Å². The molecule has 3 nitrogen and oxygen atoms in total. The fourth-order valence-electron chi connectivity index (χ4n) is 1.70. The standard InChI is InChI=1S/C12H19FN2O.ClH/c1-16-12-9(5-4-6-10(12)13)11(15)7-2-3-8-14;/h4-6,11H,2-3,7-8,14-15H2,1H3;1H/t11-;/m1./s1. The van der Waals surface area contributed by atoms with Crippen molar-refractivity contribution >= 4 is 12.4 Å². The van der Waals surface area contributed by atoms with E-state index in [0.29, 0.717) is 6.54 Å². The van der Waals surface area contributed by atoms with E-state index in [9.17, 15) is 4.39 Å². The van der Waals surface area contributed by atoms with Gasteiger partial charge in [-0.3, -0.25) is 0 Å². The third-order valence-electron chi connectivity index (χ3n) is 2.57. The lowest BCUT2D eigenvalue weighted by molar-refractivity contribution is 0.376. The highest BCUT2D eigenvalue weighted by molar-refractivity contribution is 5.85. The van der Waals surface area contributed by atoms with E-state index in [0.717, 1.165) is 24.8 Å². The van der Waals surface area contributed by atoms with Gasteiger partial charge in [0.25, 0.3) is 0 Å². The van der Waals surface area contributed by atoms with E-state index in [1.807, 2.05) is 0 Å². The van der Waals surface area contributed by atoms with Gasteiger partial charge in [0.05, 0.1) is 7.11 Å². The van der Waals surface area contributed by atoms with Crippen molar-refractivity contribution in [2.24, 2.45) is 11.5 Å². The Labute approximate surface area is 108 Å². The fraction of sp³-hybridized carbons (Fsp3) is 0.500. The molecular formula is C12H20ClFN2O. The highest BCUT2D eigenvalue weighted by Crippen LogP contribution is 2.29. The van der Waals surface area contributed by atoms with Crippen molar-refractivity contribution in [2.45, 2.75) is 25.3 Å². The first-order chi connectivity index (χ1) is 7.70. The van der Waals surface area contributed by atoms with Crippen molar-refractivity contribution in [2.75, 3.05) is 13.7 Å². The molecule has 98 valence electrons. The Hall–Kier alpha value is -0.840. The summed E-state index contributed by atoms with van der Waals surface area (Å²) in [7, 11) is 1.45. The number of ether oxygens (including phenoxy) is 1. The van der Waals surface area contributed by atoms with Crippen LogP contribution in [0.3, 0.4) is 0 Å². The summed E-state index contributed by atoms with van der Waals surface area (Å²) in [5.41, 5.74) is 12.1. The molecule has 0 aliphatic rings. The van der Waals surface area contributed by atoms with Crippen molar-refractivity contribution in [3.8, 4) is 5.75 Å². The third kappa shape index (κ3) is 4.50. The first kappa shape index (κ1) is 16.2. The van der Waals surface area contributed by atoms with Gasteiger partial charge in [-0.2, -0.15) is 0 Å². The molecule has 1 rings (SSSR count). The van der Waals surface area contributed by atoms with Crippen LogP contribution in [-0.2, 0) is 0 Å². The fourth-order valence-corrected chi connectivity index (χ4v) is 1.70. The second-order valence-corrected chi connectivity index (χ2v) is 3.75. The van der Waals surface area contributed by atoms with E-state index < -0.39 is 0 Å². The van der Waals surface area contributed by atoms with Crippen molar-refractivity contribution in [3.63, 3.8) is 0 Å².